The predicted molar refractivity (Wildman–Crippen MR) is 83.1 cm³/mol. The number of carbonyl (C=O) groups is 1. The van der Waals surface area contributed by atoms with Crippen molar-refractivity contribution in [3.05, 3.63) is 18.2 Å². The van der Waals surface area contributed by atoms with Crippen LogP contribution in [0.2, 0.25) is 0 Å². The minimum atomic E-state index is -0.445. The second-order valence-corrected chi connectivity index (χ2v) is 5.38. The van der Waals surface area contributed by atoms with Crippen molar-refractivity contribution in [3.63, 3.8) is 0 Å². The molecule has 0 spiro atoms. The molecule has 2 N–H and O–H groups in total. The van der Waals surface area contributed by atoms with E-state index in [-0.39, 0.29) is 5.91 Å². The molecular weight excluding hydrogens is 268 g/mol. The topological polar surface area (TPSA) is 59.6 Å². The van der Waals surface area contributed by atoms with E-state index in [1.165, 1.54) is 0 Å². The molecule has 1 aromatic rings. The normalized spacial score (nSPS) is 21.1. The monoisotopic (exact) mass is 292 g/mol. The Balaban J connectivity index is 2.18. The molecule has 1 aliphatic heterocycles. The number of benzene rings is 1. The second kappa shape index (κ2) is 6.80. The summed E-state index contributed by atoms with van der Waals surface area (Å²) in [4.78, 5) is 12.7. The van der Waals surface area contributed by atoms with Gasteiger partial charge in [0.25, 0.3) is 0 Å². The van der Waals surface area contributed by atoms with E-state index in [0.717, 1.165) is 32.2 Å². The highest BCUT2D eigenvalue weighted by atomic mass is 16.5. The molecule has 2 rings (SSSR count). The van der Waals surface area contributed by atoms with Gasteiger partial charge < -0.3 is 20.1 Å². The molecule has 1 amide bonds. The van der Waals surface area contributed by atoms with Crippen LogP contribution in [0.3, 0.4) is 0 Å². The van der Waals surface area contributed by atoms with Gasteiger partial charge in [0, 0.05) is 6.07 Å². The largest absolute Gasteiger partial charge is 0.497 e. The molecule has 5 nitrogen and oxygen atoms in total. The summed E-state index contributed by atoms with van der Waals surface area (Å²) in [5.41, 5.74) is 0.229. The number of ether oxygens (including phenoxy) is 2. The van der Waals surface area contributed by atoms with Gasteiger partial charge in [0.05, 0.1) is 25.4 Å². The van der Waals surface area contributed by atoms with E-state index >= 15 is 0 Å². The SMILES string of the molecule is CCCC1(C(=O)Nc2ccc(OC)cc2OC)CCCN1. The summed E-state index contributed by atoms with van der Waals surface area (Å²) in [6, 6.07) is 5.39. The Kier molecular flexibility index (Phi) is 5.07. The van der Waals surface area contributed by atoms with E-state index in [1.807, 2.05) is 12.1 Å². The summed E-state index contributed by atoms with van der Waals surface area (Å²) in [6.45, 7) is 3.00. The predicted octanol–water partition coefficient (Wildman–Crippen LogP) is 2.56. The van der Waals surface area contributed by atoms with Gasteiger partial charge in [-0.1, -0.05) is 13.3 Å². The van der Waals surface area contributed by atoms with E-state index in [0.29, 0.717) is 17.2 Å². The van der Waals surface area contributed by atoms with Crippen LogP contribution in [0, 0.1) is 0 Å². The van der Waals surface area contributed by atoms with Crippen molar-refractivity contribution in [2.75, 3.05) is 26.1 Å². The van der Waals surface area contributed by atoms with Crippen molar-refractivity contribution in [1.82, 2.24) is 5.32 Å². The Hall–Kier alpha value is -1.75. The molecule has 116 valence electrons. The third-order valence-electron chi connectivity index (χ3n) is 4.01. The van der Waals surface area contributed by atoms with Crippen molar-refractivity contribution in [1.29, 1.82) is 0 Å². The molecule has 21 heavy (non-hydrogen) atoms. The van der Waals surface area contributed by atoms with Gasteiger partial charge in [-0.25, -0.2) is 0 Å². The first-order chi connectivity index (χ1) is 10.1. The number of carbonyl (C=O) groups excluding carboxylic acids is 1. The lowest BCUT2D eigenvalue weighted by molar-refractivity contribution is -0.122. The van der Waals surface area contributed by atoms with Crippen molar-refractivity contribution in [2.45, 2.75) is 38.1 Å². The number of amides is 1. The molecule has 0 bridgehead atoms. The van der Waals surface area contributed by atoms with Crippen LogP contribution in [0.4, 0.5) is 5.69 Å². The first kappa shape index (κ1) is 15.6. The maximum Gasteiger partial charge on any atom is 0.244 e. The van der Waals surface area contributed by atoms with Crippen LogP contribution in [0.15, 0.2) is 18.2 Å². The summed E-state index contributed by atoms with van der Waals surface area (Å²) in [7, 11) is 3.19. The van der Waals surface area contributed by atoms with E-state index in [1.54, 1.807) is 20.3 Å². The summed E-state index contributed by atoms with van der Waals surface area (Å²) in [5.74, 6) is 1.32. The van der Waals surface area contributed by atoms with Gasteiger partial charge in [-0.15, -0.1) is 0 Å². The minimum Gasteiger partial charge on any atom is -0.497 e. The summed E-state index contributed by atoms with van der Waals surface area (Å²) in [6.07, 6.45) is 3.73. The number of nitrogens with one attached hydrogen (secondary N) is 2. The van der Waals surface area contributed by atoms with Gasteiger partial charge in [-0.3, -0.25) is 4.79 Å². The number of anilines is 1. The van der Waals surface area contributed by atoms with Crippen LogP contribution >= 0.6 is 0 Å². The van der Waals surface area contributed by atoms with Gasteiger partial charge in [0.2, 0.25) is 5.91 Å². The van der Waals surface area contributed by atoms with Gasteiger partial charge >= 0.3 is 0 Å². The van der Waals surface area contributed by atoms with E-state index < -0.39 is 5.54 Å². The molecule has 0 aliphatic carbocycles. The van der Waals surface area contributed by atoms with E-state index in [4.69, 9.17) is 9.47 Å². The average Bonchev–Trinajstić information content (AvgIpc) is 2.98. The van der Waals surface area contributed by atoms with Gasteiger partial charge in [-0.2, -0.15) is 0 Å². The van der Waals surface area contributed by atoms with E-state index in [2.05, 4.69) is 17.6 Å². The Morgan fingerprint density at radius 2 is 2.19 bits per heavy atom. The fourth-order valence-electron chi connectivity index (χ4n) is 2.90. The standard InChI is InChI=1S/C16H24N2O3/c1-4-8-16(9-5-10-17-16)15(19)18-13-7-6-12(20-2)11-14(13)21-3/h6-7,11,17H,4-5,8-10H2,1-3H3,(H,18,19). The highest BCUT2D eigenvalue weighted by Crippen LogP contribution is 2.32. The highest BCUT2D eigenvalue weighted by molar-refractivity contribution is 5.99. The van der Waals surface area contributed by atoms with Crippen LogP contribution in [0.25, 0.3) is 0 Å². The Morgan fingerprint density at radius 1 is 1.38 bits per heavy atom. The van der Waals surface area contributed by atoms with Crippen molar-refractivity contribution in [2.24, 2.45) is 0 Å². The fourth-order valence-corrected chi connectivity index (χ4v) is 2.90. The molecular formula is C16H24N2O3. The highest BCUT2D eigenvalue weighted by Gasteiger charge is 2.40. The lowest BCUT2D eigenvalue weighted by Gasteiger charge is -2.28. The van der Waals surface area contributed by atoms with Crippen molar-refractivity contribution in [3.8, 4) is 11.5 Å². The van der Waals surface area contributed by atoms with Crippen molar-refractivity contribution < 1.29 is 14.3 Å². The molecule has 1 saturated heterocycles. The first-order valence-corrected chi connectivity index (χ1v) is 7.43. The molecule has 1 atom stereocenters. The summed E-state index contributed by atoms with van der Waals surface area (Å²) >= 11 is 0. The molecule has 0 radical (unpaired) electrons. The van der Waals surface area contributed by atoms with Crippen LogP contribution in [0.5, 0.6) is 11.5 Å². The minimum absolute atomic E-state index is 0.0188. The number of methoxy groups -OCH3 is 2. The van der Waals surface area contributed by atoms with Gasteiger partial charge in [0.1, 0.15) is 11.5 Å². The third-order valence-corrected chi connectivity index (χ3v) is 4.01. The molecule has 0 aromatic heterocycles. The molecule has 1 unspecified atom stereocenters. The average molecular weight is 292 g/mol. The number of hydrogen-bond acceptors (Lipinski definition) is 4. The lowest BCUT2D eigenvalue weighted by Crippen LogP contribution is -2.50. The Labute approximate surface area is 126 Å². The van der Waals surface area contributed by atoms with Crippen LogP contribution in [0.1, 0.15) is 32.6 Å². The zero-order chi connectivity index (χ0) is 15.3. The molecule has 1 aromatic carbocycles. The molecule has 5 heteroatoms. The van der Waals surface area contributed by atoms with Crippen LogP contribution in [-0.2, 0) is 4.79 Å². The van der Waals surface area contributed by atoms with Crippen molar-refractivity contribution >= 4 is 11.6 Å². The fraction of sp³-hybridized carbons (Fsp3) is 0.562. The first-order valence-electron chi connectivity index (χ1n) is 7.43. The maximum absolute atomic E-state index is 12.7. The Bertz CT molecular complexity index is 496. The molecule has 1 fully saturated rings. The van der Waals surface area contributed by atoms with Crippen LogP contribution in [-0.4, -0.2) is 32.2 Å². The zero-order valence-electron chi connectivity index (χ0n) is 13.0. The quantitative estimate of drug-likeness (QED) is 0.846. The summed E-state index contributed by atoms with van der Waals surface area (Å²) in [5, 5.41) is 6.37. The number of rotatable bonds is 6. The van der Waals surface area contributed by atoms with E-state index in [9.17, 15) is 4.79 Å². The second-order valence-electron chi connectivity index (χ2n) is 5.38. The third kappa shape index (κ3) is 3.29. The molecule has 1 aliphatic rings. The Morgan fingerprint density at radius 3 is 2.76 bits per heavy atom. The van der Waals surface area contributed by atoms with Gasteiger partial charge in [-0.05, 0) is 37.9 Å². The summed E-state index contributed by atoms with van der Waals surface area (Å²) < 4.78 is 10.5. The van der Waals surface area contributed by atoms with Gasteiger partial charge in [0.15, 0.2) is 0 Å². The molecule has 0 saturated carbocycles. The lowest BCUT2D eigenvalue weighted by atomic mass is 9.90. The molecule has 1 heterocycles. The van der Waals surface area contributed by atoms with Crippen LogP contribution < -0.4 is 20.1 Å². The maximum atomic E-state index is 12.7. The smallest absolute Gasteiger partial charge is 0.244 e. The zero-order valence-corrected chi connectivity index (χ0v) is 13.0. The number of hydrogen-bond donors (Lipinski definition) is 2.